The molecule has 0 atom stereocenters. The summed E-state index contributed by atoms with van der Waals surface area (Å²) in [6, 6.07) is 0. The Hall–Kier alpha value is 1.98. The molecule has 18 nitrogen and oxygen atoms in total. The van der Waals surface area contributed by atoms with Gasteiger partial charge in [0.05, 0.1) is 80.0 Å². The van der Waals surface area contributed by atoms with Crippen molar-refractivity contribution >= 4 is 31.7 Å². The third kappa shape index (κ3) is 11.0. The van der Waals surface area contributed by atoms with E-state index in [4.69, 9.17) is 0 Å². The van der Waals surface area contributed by atoms with Crippen LogP contribution in [-0.2, 0) is 21.1 Å². The SMILES string of the molecule is C1N2CN3CN1C[PH+](C2)C3.C1N2CN3CN1C[PH+](C2)C3.C1N2CN3CN1C[PH+](C2)C3.C1N2CN3CN1C[PH+](C2)C3.O.O.O.O.O.O.[Cl-].[Pt]. The van der Waals surface area contributed by atoms with Crippen LogP contribution in [0.1, 0.15) is 0 Å². The van der Waals surface area contributed by atoms with Gasteiger partial charge in [-0.1, -0.05) is 0 Å². The number of hydrogen-bond donors (Lipinski definition) is 0. The van der Waals surface area contributed by atoms with E-state index < -0.39 is 0 Å². The fraction of sp³-hybridized carbons (Fsp3) is 1.00. The molecule has 16 saturated heterocycles. The molecular weight excluding hydrogens is 907 g/mol. The summed E-state index contributed by atoms with van der Waals surface area (Å²) >= 11 is 0. The first kappa shape index (κ1) is 48.0. The van der Waals surface area contributed by atoms with Gasteiger partial charge in [0.25, 0.3) is 0 Å². The normalized spacial score (nSPS) is 48.0. The summed E-state index contributed by atoms with van der Waals surface area (Å²) < 4.78 is 0. The molecule has 0 unspecified atom stereocenters. The maximum atomic E-state index is 2.59. The van der Waals surface area contributed by atoms with Crippen molar-refractivity contribution in [3.8, 4) is 0 Å². The van der Waals surface area contributed by atoms with Gasteiger partial charge in [-0.3, -0.25) is 0 Å². The van der Waals surface area contributed by atoms with Gasteiger partial charge in [0.15, 0.2) is 0 Å². The second-order valence-corrected chi connectivity index (χ2v) is 24.4. The Labute approximate surface area is 311 Å². The van der Waals surface area contributed by atoms with Gasteiger partial charge < -0.3 is 45.3 Å². The minimum absolute atomic E-state index is 0. The van der Waals surface area contributed by atoms with E-state index in [0.717, 1.165) is 0 Å². The monoisotopic (exact) mass is 970 g/mol. The van der Waals surface area contributed by atoms with Crippen LogP contribution in [0.4, 0.5) is 0 Å². The maximum Gasteiger partial charge on any atom is 0.114 e. The van der Waals surface area contributed by atoms with Crippen LogP contribution in [0.25, 0.3) is 0 Å². The molecule has 24 heteroatoms. The zero-order chi connectivity index (χ0) is 26.2. The van der Waals surface area contributed by atoms with E-state index in [0.29, 0.717) is 0 Å². The fourth-order valence-corrected chi connectivity index (χ4v) is 20.7. The van der Waals surface area contributed by atoms with E-state index in [1.165, 1.54) is 155 Å². The molecule has 0 aromatic heterocycles. The van der Waals surface area contributed by atoms with Gasteiger partial charge in [-0.15, -0.1) is 0 Å². The third-order valence-corrected chi connectivity index (χ3v) is 20.9. The standard InChI is InChI=1S/4C6H12N3P.ClH.6H2O.Pt/c4*1-7-2-9-3-8(1)5-10(4-7)6-9;;;;;;;;/h4*1-6H2;1H;6*1H2;/p+3. The summed E-state index contributed by atoms with van der Waals surface area (Å²) in [5.41, 5.74) is 0. The van der Waals surface area contributed by atoms with Crippen molar-refractivity contribution in [3.05, 3.63) is 0 Å². The van der Waals surface area contributed by atoms with Gasteiger partial charge in [0.2, 0.25) is 0 Å². The number of hydrogen-bond acceptors (Lipinski definition) is 12. The molecule has 0 amide bonds. The Kier molecular flexibility index (Phi) is 20.6. The molecule has 16 aliphatic heterocycles. The average Bonchev–Trinajstić information content (AvgIpc) is 2.87. The molecule has 48 heavy (non-hydrogen) atoms. The van der Waals surface area contributed by atoms with Crippen LogP contribution in [0.2, 0.25) is 0 Å². The molecule has 16 aliphatic rings. The van der Waals surface area contributed by atoms with Gasteiger partial charge in [0.1, 0.15) is 75.4 Å². The smallest absolute Gasteiger partial charge is 0.114 e. The van der Waals surface area contributed by atoms with Crippen molar-refractivity contribution < 1.29 is 66.3 Å². The van der Waals surface area contributed by atoms with Crippen LogP contribution in [-0.4, -0.2) is 247 Å². The van der Waals surface area contributed by atoms with Gasteiger partial charge in [0, 0.05) is 52.8 Å². The van der Waals surface area contributed by atoms with E-state index in [2.05, 4.69) is 58.8 Å². The third-order valence-electron chi connectivity index (χ3n) is 10.2. The van der Waals surface area contributed by atoms with E-state index in [1.807, 2.05) is 0 Å². The summed E-state index contributed by atoms with van der Waals surface area (Å²) in [5.74, 6) is 0. The van der Waals surface area contributed by atoms with Crippen LogP contribution in [0, 0.1) is 0 Å². The zero-order valence-corrected chi connectivity index (χ0v) is 35.1. The molecule has 0 aliphatic carbocycles. The molecule has 290 valence electrons. The topological polar surface area (TPSA) is 228 Å². The van der Waals surface area contributed by atoms with Gasteiger partial charge in [-0.25, -0.2) is 58.8 Å². The summed E-state index contributed by atoms with van der Waals surface area (Å²) in [7, 11) is 0.119. The molecule has 0 aromatic rings. The van der Waals surface area contributed by atoms with Crippen molar-refractivity contribution in [1.29, 1.82) is 0 Å². The van der Waals surface area contributed by atoms with Crippen molar-refractivity contribution in [2.45, 2.75) is 0 Å². The molecule has 16 rings (SSSR count). The first-order valence-corrected chi connectivity index (χ1v) is 24.1. The molecule has 16 heterocycles. The Morgan fingerprint density at radius 1 is 0.208 bits per heavy atom. The van der Waals surface area contributed by atoms with Crippen LogP contribution < -0.4 is 12.4 Å². The van der Waals surface area contributed by atoms with Crippen LogP contribution in [0.5, 0.6) is 0 Å². The molecule has 0 saturated carbocycles. The second-order valence-electron chi connectivity index (χ2n) is 14.6. The van der Waals surface area contributed by atoms with Crippen molar-refractivity contribution in [2.24, 2.45) is 0 Å². The Morgan fingerprint density at radius 2 is 0.292 bits per heavy atom. The van der Waals surface area contributed by atoms with Crippen molar-refractivity contribution in [2.75, 3.05) is 155 Å². The largest absolute Gasteiger partial charge is 1.00 e. The molecule has 0 aromatic carbocycles. The van der Waals surface area contributed by atoms with Crippen molar-refractivity contribution in [3.63, 3.8) is 0 Å². The minimum atomic E-state index is 0. The van der Waals surface area contributed by atoms with Gasteiger partial charge in [-0.2, -0.15) is 0 Å². The summed E-state index contributed by atoms with van der Waals surface area (Å²) in [6.45, 7) is 15.1. The average molecular weight is 971 g/mol. The number of nitrogens with zero attached hydrogens (tertiary/aromatic N) is 12. The molecule has 16 bridgehead atoms. The molecule has 16 fully saturated rings. The Morgan fingerprint density at radius 3 is 0.354 bits per heavy atom. The molecule has 0 spiro atoms. The summed E-state index contributed by atoms with van der Waals surface area (Å²) in [4.78, 5) is 31.1. The quantitative estimate of drug-likeness (QED) is 0.207. The van der Waals surface area contributed by atoms with Crippen molar-refractivity contribution in [1.82, 2.24) is 58.8 Å². The maximum absolute atomic E-state index is 2.59. The summed E-state index contributed by atoms with van der Waals surface area (Å²) in [5, 5.41) is 0. The Balaban J connectivity index is 0.000000303. The van der Waals surface area contributed by atoms with Crippen LogP contribution >= 0.6 is 31.7 Å². The first-order valence-electron chi connectivity index (χ1n) is 15.6. The van der Waals surface area contributed by atoms with E-state index in [-0.39, 0.29) is 98.0 Å². The fourth-order valence-electron chi connectivity index (χ4n) is 9.53. The van der Waals surface area contributed by atoms with Crippen LogP contribution in [0.15, 0.2) is 0 Å². The predicted molar refractivity (Wildman–Crippen MR) is 194 cm³/mol. The van der Waals surface area contributed by atoms with Crippen LogP contribution in [0.3, 0.4) is 0 Å². The molecule has 12 N–H and O–H groups in total. The van der Waals surface area contributed by atoms with Gasteiger partial charge >= 0.3 is 0 Å². The predicted octanol–water partition coefficient (Wildman–Crippen LogP) is -8.38. The second kappa shape index (κ2) is 20.6. The molecular formula is C24H64ClN12O6P4Pt+3. The summed E-state index contributed by atoms with van der Waals surface area (Å²) in [6.07, 6.45) is 17.5. The minimum Gasteiger partial charge on any atom is -1.00 e. The zero-order valence-electron chi connectivity index (χ0n) is 28.0. The molecule has 0 radical (unpaired) electrons. The van der Waals surface area contributed by atoms with E-state index >= 15 is 0 Å². The number of halogens is 1. The van der Waals surface area contributed by atoms with Gasteiger partial charge in [-0.05, 0) is 0 Å². The Bertz CT molecular complexity index is 602. The number of rotatable bonds is 0. The van der Waals surface area contributed by atoms with E-state index in [9.17, 15) is 0 Å². The van der Waals surface area contributed by atoms with E-state index in [1.54, 1.807) is 0 Å². The first-order chi connectivity index (χ1) is 19.6.